The summed E-state index contributed by atoms with van der Waals surface area (Å²) in [5.74, 6) is 0.906. The zero-order valence-electron chi connectivity index (χ0n) is 13.1. The maximum Gasteiger partial charge on any atom is 0.146 e. The molecule has 5 heteroatoms. The van der Waals surface area contributed by atoms with Crippen LogP contribution in [0.15, 0.2) is 36.5 Å². The van der Waals surface area contributed by atoms with Gasteiger partial charge in [0.05, 0.1) is 24.5 Å². The Kier molecular flexibility index (Phi) is 4.46. The number of benzene rings is 1. The highest BCUT2D eigenvalue weighted by molar-refractivity contribution is 5.66. The fourth-order valence-electron chi connectivity index (χ4n) is 2.57. The van der Waals surface area contributed by atoms with E-state index in [-0.39, 0.29) is 5.82 Å². The first-order valence-electron chi connectivity index (χ1n) is 7.80. The van der Waals surface area contributed by atoms with Crippen LogP contribution in [-0.4, -0.2) is 11.6 Å². The second kappa shape index (κ2) is 6.69. The molecular formula is C18H20FN3O. The lowest BCUT2D eigenvalue weighted by Gasteiger charge is -2.27. The zero-order chi connectivity index (χ0) is 16.2. The summed E-state index contributed by atoms with van der Waals surface area (Å²) in [7, 11) is 0. The van der Waals surface area contributed by atoms with E-state index in [2.05, 4.69) is 11.9 Å². The maximum atomic E-state index is 14.0. The molecular weight excluding hydrogens is 293 g/mol. The average molecular weight is 313 g/mol. The lowest BCUT2D eigenvalue weighted by molar-refractivity contribution is 0.306. The molecule has 2 N–H and O–H groups in total. The number of rotatable bonds is 5. The number of nitrogens with two attached hydrogens (primary N) is 1. The number of unbranched alkanes of at least 4 members (excludes halogenated alkanes) is 1. The number of nitrogens with zero attached hydrogens (tertiary/aromatic N) is 2. The number of nitrogen functional groups attached to an aromatic ring is 1. The van der Waals surface area contributed by atoms with E-state index in [4.69, 9.17) is 10.5 Å². The SMILES string of the molecule is CCCCOc1cc(N)nc2c1CN(c1ccccc1F)C=C2. The van der Waals surface area contributed by atoms with E-state index in [0.717, 1.165) is 29.8 Å². The predicted octanol–water partition coefficient (Wildman–Crippen LogP) is 3.97. The number of aromatic nitrogens is 1. The molecule has 23 heavy (non-hydrogen) atoms. The highest BCUT2D eigenvalue weighted by Gasteiger charge is 2.20. The van der Waals surface area contributed by atoms with E-state index in [1.807, 2.05) is 23.2 Å². The second-order valence-corrected chi connectivity index (χ2v) is 5.51. The van der Waals surface area contributed by atoms with Crippen LogP contribution in [0.5, 0.6) is 5.75 Å². The van der Waals surface area contributed by atoms with Crippen molar-refractivity contribution in [3.8, 4) is 5.75 Å². The molecule has 0 bridgehead atoms. The van der Waals surface area contributed by atoms with Crippen LogP contribution in [-0.2, 0) is 6.54 Å². The third-order valence-corrected chi connectivity index (χ3v) is 3.79. The van der Waals surface area contributed by atoms with Gasteiger partial charge in [-0.1, -0.05) is 25.5 Å². The van der Waals surface area contributed by atoms with Crippen molar-refractivity contribution >= 4 is 17.6 Å². The van der Waals surface area contributed by atoms with Crippen LogP contribution >= 0.6 is 0 Å². The van der Waals surface area contributed by atoms with Crippen LogP contribution in [0.4, 0.5) is 15.9 Å². The molecule has 120 valence electrons. The van der Waals surface area contributed by atoms with Crippen LogP contribution in [0.25, 0.3) is 6.08 Å². The summed E-state index contributed by atoms with van der Waals surface area (Å²) in [5.41, 5.74) is 8.10. The molecule has 1 aromatic heterocycles. The van der Waals surface area contributed by atoms with Gasteiger partial charge in [0, 0.05) is 17.8 Å². The Morgan fingerprint density at radius 2 is 2.17 bits per heavy atom. The summed E-state index contributed by atoms with van der Waals surface area (Å²) < 4.78 is 19.9. The van der Waals surface area contributed by atoms with Gasteiger partial charge in [-0.25, -0.2) is 9.37 Å². The number of ether oxygens (including phenoxy) is 1. The fourth-order valence-corrected chi connectivity index (χ4v) is 2.57. The summed E-state index contributed by atoms with van der Waals surface area (Å²) in [5, 5.41) is 0. The number of pyridine rings is 1. The van der Waals surface area contributed by atoms with Gasteiger partial charge in [0.15, 0.2) is 0 Å². The number of hydrogen-bond acceptors (Lipinski definition) is 4. The van der Waals surface area contributed by atoms with Crippen molar-refractivity contribution in [1.29, 1.82) is 0 Å². The molecule has 1 aromatic carbocycles. The van der Waals surface area contributed by atoms with E-state index in [9.17, 15) is 4.39 Å². The van der Waals surface area contributed by atoms with Crippen molar-refractivity contribution in [3.63, 3.8) is 0 Å². The summed E-state index contributed by atoms with van der Waals surface area (Å²) in [4.78, 5) is 6.19. The Hall–Kier alpha value is -2.56. The molecule has 0 radical (unpaired) electrons. The van der Waals surface area contributed by atoms with Gasteiger partial charge in [-0.2, -0.15) is 0 Å². The molecule has 0 saturated carbocycles. The van der Waals surface area contributed by atoms with Crippen LogP contribution in [0.2, 0.25) is 0 Å². The molecule has 2 heterocycles. The van der Waals surface area contributed by atoms with Gasteiger partial charge in [-0.05, 0) is 24.6 Å². The van der Waals surface area contributed by atoms with Crippen LogP contribution < -0.4 is 15.4 Å². The highest BCUT2D eigenvalue weighted by atomic mass is 19.1. The lowest BCUT2D eigenvalue weighted by Crippen LogP contribution is -2.22. The molecule has 0 aliphatic carbocycles. The van der Waals surface area contributed by atoms with Crippen molar-refractivity contribution in [1.82, 2.24) is 4.98 Å². The number of anilines is 2. The fraction of sp³-hybridized carbons (Fsp3) is 0.278. The Labute approximate surface area is 135 Å². The smallest absolute Gasteiger partial charge is 0.146 e. The van der Waals surface area contributed by atoms with Gasteiger partial charge in [0.25, 0.3) is 0 Å². The highest BCUT2D eigenvalue weighted by Crippen LogP contribution is 2.32. The summed E-state index contributed by atoms with van der Waals surface area (Å²) in [6.07, 6.45) is 5.70. The third kappa shape index (κ3) is 3.28. The molecule has 2 aromatic rings. The Morgan fingerprint density at radius 3 is 2.96 bits per heavy atom. The number of hydrogen-bond donors (Lipinski definition) is 1. The van der Waals surface area contributed by atoms with Crippen molar-refractivity contribution in [2.75, 3.05) is 17.2 Å². The van der Waals surface area contributed by atoms with Crippen molar-refractivity contribution in [2.24, 2.45) is 0 Å². The first-order valence-corrected chi connectivity index (χ1v) is 7.80. The normalized spacial score (nSPS) is 13.0. The predicted molar refractivity (Wildman–Crippen MR) is 90.7 cm³/mol. The van der Waals surface area contributed by atoms with Crippen molar-refractivity contribution < 1.29 is 9.13 Å². The molecule has 0 amide bonds. The molecule has 3 rings (SSSR count). The molecule has 4 nitrogen and oxygen atoms in total. The minimum Gasteiger partial charge on any atom is -0.493 e. The van der Waals surface area contributed by atoms with Gasteiger partial charge < -0.3 is 15.4 Å². The minimum absolute atomic E-state index is 0.252. The van der Waals surface area contributed by atoms with E-state index >= 15 is 0 Å². The first kappa shape index (κ1) is 15.3. The minimum atomic E-state index is -0.252. The molecule has 0 saturated heterocycles. The molecule has 0 fully saturated rings. The molecule has 1 aliphatic heterocycles. The van der Waals surface area contributed by atoms with Gasteiger partial charge >= 0.3 is 0 Å². The number of fused-ring (bicyclic) bond motifs is 1. The Bertz CT molecular complexity index is 730. The maximum absolute atomic E-state index is 14.0. The molecule has 1 aliphatic rings. The topological polar surface area (TPSA) is 51.4 Å². The monoisotopic (exact) mass is 313 g/mol. The van der Waals surface area contributed by atoms with E-state index in [1.54, 1.807) is 18.2 Å². The van der Waals surface area contributed by atoms with Crippen molar-refractivity contribution in [2.45, 2.75) is 26.3 Å². The number of halogens is 1. The number of para-hydroxylation sites is 1. The third-order valence-electron chi connectivity index (χ3n) is 3.79. The standard InChI is InChI=1S/C18H20FN3O/c1-2-3-10-23-17-11-18(20)21-15-8-9-22(12-13(15)17)16-7-5-4-6-14(16)19/h4-9,11H,2-3,10,12H2,1H3,(H2,20,21). The molecule has 0 spiro atoms. The van der Waals surface area contributed by atoms with E-state index < -0.39 is 0 Å². The largest absolute Gasteiger partial charge is 0.493 e. The molecule has 0 unspecified atom stereocenters. The van der Waals surface area contributed by atoms with Crippen LogP contribution in [0.1, 0.15) is 31.0 Å². The first-order chi connectivity index (χ1) is 11.2. The van der Waals surface area contributed by atoms with Gasteiger partial charge in [0.2, 0.25) is 0 Å². The Balaban J connectivity index is 1.91. The van der Waals surface area contributed by atoms with Crippen LogP contribution in [0.3, 0.4) is 0 Å². The summed E-state index contributed by atoms with van der Waals surface area (Å²) >= 11 is 0. The summed E-state index contributed by atoms with van der Waals surface area (Å²) in [6.45, 7) is 3.25. The van der Waals surface area contributed by atoms with E-state index in [1.165, 1.54) is 6.07 Å². The van der Waals surface area contributed by atoms with Crippen molar-refractivity contribution in [3.05, 3.63) is 53.6 Å². The zero-order valence-corrected chi connectivity index (χ0v) is 13.1. The van der Waals surface area contributed by atoms with E-state index in [0.29, 0.717) is 24.7 Å². The van der Waals surface area contributed by atoms with Gasteiger partial charge in [0.1, 0.15) is 17.4 Å². The van der Waals surface area contributed by atoms with Gasteiger partial charge in [-0.15, -0.1) is 0 Å². The van der Waals surface area contributed by atoms with Crippen LogP contribution in [0, 0.1) is 5.82 Å². The summed E-state index contributed by atoms with van der Waals surface area (Å²) in [6, 6.07) is 8.46. The van der Waals surface area contributed by atoms with Gasteiger partial charge in [-0.3, -0.25) is 0 Å². The quantitative estimate of drug-likeness (QED) is 0.849. The molecule has 0 atom stereocenters. The Morgan fingerprint density at radius 1 is 1.35 bits per heavy atom. The lowest BCUT2D eigenvalue weighted by atomic mass is 10.1. The second-order valence-electron chi connectivity index (χ2n) is 5.51. The average Bonchev–Trinajstić information content (AvgIpc) is 2.55.